The quantitative estimate of drug-likeness (QED) is 0.565. The lowest BCUT2D eigenvalue weighted by Crippen LogP contribution is -2.46. The van der Waals surface area contributed by atoms with Gasteiger partial charge in [0, 0.05) is 51.0 Å². The zero-order chi connectivity index (χ0) is 22.6. The molecule has 2 aromatic heterocycles. The molecule has 4 heterocycles. The normalized spacial score (nSPS) is 19.6. The molecule has 5 rings (SSSR count). The van der Waals surface area contributed by atoms with Crippen LogP contribution in [0.3, 0.4) is 0 Å². The van der Waals surface area contributed by atoms with Gasteiger partial charge in [-0.05, 0) is 43.0 Å². The summed E-state index contributed by atoms with van der Waals surface area (Å²) in [5.74, 6) is 3.91. The smallest absolute Gasteiger partial charge is 0.241 e. The number of rotatable bonds is 6. The van der Waals surface area contributed by atoms with Crippen molar-refractivity contribution in [2.75, 3.05) is 56.2 Å². The number of nitrogens with zero attached hydrogens (tertiary/aromatic N) is 6. The van der Waals surface area contributed by atoms with Gasteiger partial charge in [-0.1, -0.05) is 24.2 Å². The molecule has 0 unspecified atom stereocenters. The SMILES string of the molecule is COc1ccccc1N1CCN(Cc2nc(-c3ccc(N4CCC[C@@H](C)C4)nc3)no2)CC1. The van der Waals surface area contributed by atoms with E-state index >= 15 is 0 Å². The van der Waals surface area contributed by atoms with Crippen LogP contribution in [0.15, 0.2) is 47.1 Å². The summed E-state index contributed by atoms with van der Waals surface area (Å²) in [4.78, 5) is 16.4. The Hall–Kier alpha value is -3.13. The van der Waals surface area contributed by atoms with Gasteiger partial charge in [-0.25, -0.2) is 4.98 Å². The van der Waals surface area contributed by atoms with E-state index in [9.17, 15) is 0 Å². The van der Waals surface area contributed by atoms with Crippen molar-refractivity contribution in [3.63, 3.8) is 0 Å². The predicted octanol–water partition coefficient (Wildman–Crippen LogP) is 3.70. The molecule has 0 amide bonds. The lowest BCUT2D eigenvalue weighted by Gasteiger charge is -2.35. The van der Waals surface area contributed by atoms with E-state index in [-0.39, 0.29) is 0 Å². The molecule has 0 N–H and O–H groups in total. The van der Waals surface area contributed by atoms with Gasteiger partial charge in [0.05, 0.1) is 19.3 Å². The number of para-hydroxylation sites is 2. The Morgan fingerprint density at radius 3 is 2.64 bits per heavy atom. The predicted molar refractivity (Wildman–Crippen MR) is 129 cm³/mol. The van der Waals surface area contributed by atoms with E-state index in [1.807, 2.05) is 24.4 Å². The summed E-state index contributed by atoms with van der Waals surface area (Å²) in [5, 5.41) is 4.20. The van der Waals surface area contributed by atoms with Crippen molar-refractivity contribution in [1.29, 1.82) is 0 Å². The third-order valence-electron chi connectivity index (χ3n) is 6.61. The third-order valence-corrected chi connectivity index (χ3v) is 6.61. The molecule has 33 heavy (non-hydrogen) atoms. The number of piperazine rings is 1. The Bertz CT molecular complexity index is 1050. The molecule has 8 heteroatoms. The van der Waals surface area contributed by atoms with Crippen LogP contribution in [0.5, 0.6) is 5.75 Å². The third kappa shape index (κ3) is 4.95. The fraction of sp³-hybridized carbons (Fsp3) is 0.480. The van der Waals surface area contributed by atoms with Gasteiger partial charge in [0.2, 0.25) is 11.7 Å². The first-order chi connectivity index (χ1) is 16.2. The van der Waals surface area contributed by atoms with Crippen molar-refractivity contribution < 1.29 is 9.26 Å². The number of anilines is 2. The zero-order valence-corrected chi connectivity index (χ0v) is 19.5. The largest absolute Gasteiger partial charge is 0.495 e. The number of pyridine rings is 1. The van der Waals surface area contributed by atoms with Gasteiger partial charge in [-0.3, -0.25) is 4.90 Å². The van der Waals surface area contributed by atoms with E-state index in [4.69, 9.17) is 9.26 Å². The van der Waals surface area contributed by atoms with E-state index in [0.717, 1.165) is 68.0 Å². The molecule has 2 aliphatic rings. The van der Waals surface area contributed by atoms with Crippen LogP contribution in [-0.4, -0.2) is 66.4 Å². The second kappa shape index (κ2) is 9.79. The summed E-state index contributed by atoms with van der Waals surface area (Å²) in [6.45, 7) is 8.84. The highest BCUT2D eigenvalue weighted by atomic mass is 16.5. The number of aromatic nitrogens is 3. The van der Waals surface area contributed by atoms with Crippen LogP contribution >= 0.6 is 0 Å². The fourth-order valence-corrected chi connectivity index (χ4v) is 4.77. The second-order valence-electron chi connectivity index (χ2n) is 9.05. The highest BCUT2D eigenvalue weighted by Gasteiger charge is 2.22. The molecule has 1 aromatic carbocycles. The van der Waals surface area contributed by atoms with Crippen LogP contribution in [-0.2, 0) is 6.54 Å². The minimum absolute atomic E-state index is 0.601. The van der Waals surface area contributed by atoms with Gasteiger partial charge >= 0.3 is 0 Å². The monoisotopic (exact) mass is 448 g/mol. The number of benzene rings is 1. The molecule has 0 radical (unpaired) electrons. The Morgan fingerprint density at radius 2 is 1.88 bits per heavy atom. The van der Waals surface area contributed by atoms with Gasteiger partial charge in [0.1, 0.15) is 11.6 Å². The van der Waals surface area contributed by atoms with Crippen LogP contribution in [0.25, 0.3) is 11.4 Å². The summed E-state index contributed by atoms with van der Waals surface area (Å²) in [6.07, 6.45) is 4.39. The van der Waals surface area contributed by atoms with Crippen molar-refractivity contribution in [1.82, 2.24) is 20.0 Å². The van der Waals surface area contributed by atoms with Gasteiger partial charge in [-0.15, -0.1) is 0 Å². The van der Waals surface area contributed by atoms with Crippen LogP contribution in [0.1, 0.15) is 25.7 Å². The molecule has 0 spiro atoms. The maximum Gasteiger partial charge on any atom is 0.241 e. The summed E-state index contributed by atoms with van der Waals surface area (Å²) in [7, 11) is 1.72. The summed E-state index contributed by atoms with van der Waals surface area (Å²) in [6, 6.07) is 12.3. The Balaban J connectivity index is 1.17. The first-order valence-electron chi connectivity index (χ1n) is 11.8. The molecule has 174 valence electrons. The van der Waals surface area contributed by atoms with Crippen LogP contribution in [0.4, 0.5) is 11.5 Å². The summed E-state index contributed by atoms with van der Waals surface area (Å²) >= 11 is 0. The lowest BCUT2D eigenvalue weighted by molar-refractivity contribution is 0.215. The number of piperidine rings is 1. The van der Waals surface area contributed by atoms with E-state index in [1.54, 1.807) is 7.11 Å². The number of hydrogen-bond acceptors (Lipinski definition) is 8. The minimum Gasteiger partial charge on any atom is -0.495 e. The summed E-state index contributed by atoms with van der Waals surface area (Å²) in [5.41, 5.74) is 2.04. The topological polar surface area (TPSA) is 70.8 Å². The molecule has 1 atom stereocenters. The molecular weight excluding hydrogens is 416 g/mol. The molecule has 0 bridgehead atoms. The van der Waals surface area contributed by atoms with Crippen molar-refractivity contribution in [3.8, 4) is 17.1 Å². The molecule has 0 aliphatic carbocycles. The van der Waals surface area contributed by atoms with Crippen LogP contribution in [0.2, 0.25) is 0 Å². The van der Waals surface area contributed by atoms with Crippen molar-refractivity contribution >= 4 is 11.5 Å². The maximum absolute atomic E-state index is 5.56. The number of methoxy groups -OCH3 is 1. The average molecular weight is 449 g/mol. The standard InChI is InChI=1S/C25H32N6O2/c1-19-6-5-11-31(17-19)23-10-9-20(16-26-23)25-27-24(33-28-25)18-29-12-14-30(15-13-29)21-7-3-4-8-22(21)32-2/h3-4,7-10,16,19H,5-6,11-15,17-18H2,1-2H3/t19-/m1/s1. The summed E-state index contributed by atoms with van der Waals surface area (Å²) < 4.78 is 11.1. The highest BCUT2D eigenvalue weighted by molar-refractivity contribution is 5.59. The van der Waals surface area contributed by atoms with Gasteiger partial charge < -0.3 is 19.1 Å². The van der Waals surface area contributed by atoms with Crippen molar-refractivity contribution in [2.24, 2.45) is 5.92 Å². The first kappa shape index (κ1) is 21.7. The molecule has 0 saturated carbocycles. The first-order valence-corrected chi connectivity index (χ1v) is 11.8. The molecular formula is C25H32N6O2. The van der Waals surface area contributed by atoms with E-state index < -0.39 is 0 Å². The molecule has 2 saturated heterocycles. The number of ether oxygens (including phenoxy) is 1. The van der Waals surface area contributed by atoms with Gasteiger partial charge in [-0.2, -0.15) is 4.98 Å². The van der Waals surface area contributed by atoms with E-state index in [2.05, 4.69) is 54.9 Å². The maximum atomic E-state index is 5.56. The van der Waals surface area contributed by atoms with Crippen molar-refractivity contribution in [3.05, 3.63) is 48.5 Å². The van der Waals surface area contributed by atoms with Crippen molar-refractivity contribution in [2.45, 2.75) is 26.3 Å². The van der Waals surface area contributed by atoms with Gasteiger partial charge in [0.25, 0.3) is 0 Å². The Labute approximate surface area is 195 Å². The second-order valence-corrected chi connectivity index (χ2v) is 9.05. The van der Waals surface area contributed by atoms with Crippen LogP contribution < -0.4 is 14.5 Å². The molecule has 2 aliphatic heterocycles. The zero-order valence-electron chi connectivity index (χ0n) is 19.5. The van der Waals surface area contributed by atoms with E-state index in [1.165, 1.54) is 12.8 Å². The highest BCUT2D eigenvalue weighted by Crippen LogP contribution is 2.29. The van der Waals surface area contributed by atoms with Crippen LogP contribution in [0, 0.1) is 5.92 Å². The fourth-order valence-electron chi connectivity index (χ4n) is 4.77. The Morgan fingerprint density at radius 1 is 1.03 bits per heavy atom. The molecule has 8 nitrogen and oxygen atoms in total. The average Bonchev–Trinajstić information content (AvgIpc) is 3.33. The lowest BCUT2D eigenvalue weighted by atomic mass is 10.0. The molecule has 3 aromatic rings. The minimum atomic E-state index is 0.601. The number of hydrogen-bond donors (Lipinski definition) is 0. The van der Waals surface area contributed by atoms with E-state index in [0.29, 0.717) is 18.3 Å². The van der Waals surface area contributed by atoms with Gasteiger partial charge in [0.15, 0.2) is 0 Å². The Kier molecular flexibility index (Phi) is 6.44. The molecule has 2 fully saturated rings.